The molecule has 1 atom stereocenters. The molecule has 0 bridgehead atoms. The molecule has 0 N–H and O–H groups in total. The van der Waals surface area contributed by atoms with E-state index in [1.807, 2.05) is 0 Å². The highest BCUT2D eigenvalue weighted by Crippen LogP contribution is 2.45. The number of hydrogen-bond donors (Lipinski definition) is 0. The van der Waals surface area contributed by atoms with Crippen LogP contribution in [0.5, 0.6) is 0 Å². The van der Waals surface area contributed by atoms with Crippen molar-refractivity contribution in [2.75, 3.05) is 13.1 Å². The number of rotatable bonds is 0. The van der Waals surface area contributed by atoms with E-state index in [0.717, 1.165) is 0 Å². The van der Waals surface area contributed by atoms with Crippen molar-refractivity contribution in [1.82, 2.24) is 4.90 Å². The van der Waals surface area contributed by atoms with E-state index in [0.29, 0.717) is 38.6 Å². The summed E-state index contributed by atoms with van der Waals surface area (Å²) in [6, 6.07) is 0. The molecule has 20 heavy (non-hydrogen) atoms. The van der Waals surface area contributed by atoms with Gasteiger partial charge in [-0.3, -0.25) is 4.79 Å². The van der Waals surface area contributed by atoms with Crippen LogP contribution in [0.2, 0.25) is 0 Å². The van der Waals surface area contributed by atoms with Crippen molar-refractivity contribution in [3.63, 3.8) is 0 Å². The Bertz CT molecular complexity index is 392. The number of amides is 1. The van der Waals surface area contributed by atoms with Crippen LogP contribution in [-0.2, 0) is 9.53 Å². The molecule has 1 unspecified atom stereocenters. The fourth-order valence-electron chi connectivity index (χ4n) is 3.07. The van der Waals surface area contributed by atoms with Crippen molar-refractivity contribution in [3.05, 3.63) is 0 Å². The molecule has 5 heteroatoms. The molecule has 1 spiro atoms. The highest BCUT2D eigenvalue weighted by molar-refractivity contribution is 5.79. The number of nitrogens with zero attached hydrogens (tertiary/aromatic N) is 1. The number of hydrogen-bond acceptors (Lipinski definition) is 3. The minimum absolute atomic E-state index is 0.0864. The predicted molar refractivity (Wildman–Crippen MR) is 73.2 cm³/mol. The smallest absolute Gasteiger partial charge is 0.410 e. The van der Waals surface area contributed by atoms with Gasteiger partial charge in [0.25, 0.3) is 0 Å². The highest BCUT2D eigenvalue weighted by atomic mass is 19.1. The Labute approximate surface area is 119 Å². The lowest BCUT2D eigenvalue weighted by atomic mass is 9.67. The Morgan fingerprint density at radius 3 is 2.40 bits per heavy atom. The van der Waals surface area contributed by atoms with Crippen LogP contribution >= 0.6 is 0 Å². The molecule has 1 amide bonds. The van der Waals surface area contributed by atoms with Crippen LogP contribution in [0.25, 0.3) is 0 Å². The molecule has 0 radical (unpaired) electrons. The summed E-state index contributed by atoms with van der Waals surface area (Å²) in [5.41, 5.74) is -0.957. The molecule has 0 aromatic carbocycles. The van der Waals surface area contributed by atoms with Gasteiger partial charge in [-0.15, -0.1) is 0 Å². The van der Waals surface area contributed by atoms with E-state index in [4.69, 9.17) is 4.74 Å². The SMILES string of the molecule is CC(C)(C)OC(=O)N1CCC2(CCC(=O)CC2)C(F)C1. The molecule has 1 saturated heterocycles. The summed E-state index contributed by atoms with van der Waals surface area (Å²) in [6.45, 7) is 6.01. The fraction of sp³-hybridized carbons (Fsp3) is 0.867. The number of Topliss-reactive ketones (excluding diaryl/α,β-unsaturated/α-hetero) is 1. The molecular weight excluding hydrogens is 261 g/mol. The van der Waals surface area contributed by atoms with Crippen LogP contribution in [0.15, 0.2) is 0 Å². The highest BCUT2D eigenvalue weighted by Gasteiger charge is 2.46. The summed E-state index contributed by atoms with van der Waals surface area (Å²) >= 11 is 0. The summed E-state index contributed by atoms with van der Waals surface area (Å²) in [5, 5.41) is 0. The maximum atomic E-state index is 14.5. The Morgan fingerprint density at radius 2 is 1.90 bits per heavy atom. The maximum absolute atomic E-state index is 14.5. The van der Waals surface area contributed by atoms with Crippen molar-refractivity contribution in [2.45, 2.75) is 64.6 Å². The van der Waals surface area contributed by atoms with Crippen LogP contribution in [0.1, 0.15) is 52.9 Å². The first-order chi connectivity index (χ1) is 9.22. The van der Waals surface area contributed by atoms with E-state index in [2.05, 4.69) is 0 Å². The third-order valence-corrected chi connectivity index (χ3v) is 4.38. The topological polar surface area (TPSA) is 46.6 Å². The molecule has 0 aromatic heterocycles. The molecule has 4 nitrogen and oxygen atoms in total. The van der Waals surface area contributed by atoms with E-state index in [1.165, 1.54) is 4.90 Å². The summed E-state index contributed by atoms with van der Waals surface area (Å²) < 4.78 is 19.8. The molecule has 0 aromatic rings. The summed E-state index contributed by atoms with van der Waals surface area (Å²) in [6.07, 6.45) is 1.32. The minimum Gasteiger partial charge on any atom is -0.444 e. The number of halogens is 1. The Hall–Kier alpha value is -1.13. The van der Waals surface area contributed by atoms with Gasteiger partial charge in [-0.2, -0.15) is 0 Å². The van der Waals surface area contributed by atoms with Crippen LogP contribution < -0.4 is 0 Å². The van der Waals surface area contributed by atoms with Gasteiger partial charge in [0.2, 0.25) is 0 Å². The van der Waals surface area contributed by atoms with E-state index < -0.39 is 23.3 Å². The van der Waals surface area contributed by atoms with Crippen molar-refractivity contribution in [3.8, 4) is 0 Å². The first kappa shape index (κ1) is 15.3. The quantitative estimate of drug-likeness (QED) is 0.687. The van der Waals surface area contributed by atoms with Crippen LogP contribution in [0.3, 0.4) is 0 Å². The summed E-state index contributed by atoms with van der Waals surface area (Å²) in [7, 11) is 0. The standard InChI is InChI=1S/C15H24FNO3/c1-14(2,3)20-13(19)17-9-8-15(12(16)10-17)6-4-11(18)5-7-15/h12H,4-10H2,1-3H3. The maximum Gasteiger partial charge on any atom is 0.410 e. The normalized spacial score (nSPS) is 26.7. The fourth-order valence-corrected chi connectivity index (χ4v) is 3.07. The second-order valence-electron chi connectivity index (χ2n) is 7.04. The predicted octanol–water partition coefficient (Wildman–Crippen LogP) is 3.09. The van der Waals surface area contributed by atoms with Gasteiger partial charge in [-0.05, 0) is 40.0 Å². The Morgan fingerprint density at radius 1 is 1.30 bits per heavy atom. The largest absolute Gasteiger partial charge is 0.444 e. The van der Waals surface area contributed by atoms with Gasteiger partial charge in [0.05, 0.1) is 6.54 Å². The zero-order valence-electron chi connectivity index (χ0n) is 12.6. The van der Waals surface area contributed by atoms with E-state index >= 15 is 0 Å². The lowest BCUT2D eigenvalue weighted by Crippen LogP contribution is -2.53. The monoisotopic (exact) mass is 285 g/mol. The zero-order valence-corrected chi connectivity index (χ0v) is 12.6. The molecule has 2 fully saturated rings. The number of likely N-dealkylation sites (tertiary alicyclic amines) is 1. The Balaban J connectivity index is 1.95. The van der Waals surface area contributed by atoms with Gasteiger partial charge in [0.15, 0.2) is 0 Å². The van der Waals surface area contributed by atoms with E-state index in [1.54, 1.807) is 20.8 Å². The van der Waals surface area contributed by atoms with Crippen molar-refractivity contribution >= 4 is 11.9 Å². The minimum atomic E-state index is -1.06. The molecule has 2 aliphatic rings. The average Bonchev–Trinajstić information content (AvgIpc) is 2.34. The van der Waals surface area contributed by atoms with Gasteiger partial charge in [0.1, 0.15) is 17.6 Å². The van der Waals surface area contributed by atoms with Crippen molar-refractivity contribution in [1.29, 1.82) is 0 Å². The van der Waals surface area contributed by atoms with Gasteiger partial charge >= 0.3 is 6.09 Å². The summed E-state index contributed by atoms with van der Waals surface area (Å²) in [4.78, 5) is 24.7. The van der Waals surface area contributed by atoms with Gasteiger partial charge < -0.3 is 9.64 Å². The Kier molecular flexibility index (Phi) is 4.07. The van der Waals surface area contributed by atoms with Gasteiger partial charge in [-0.1, -0.05) is 0 Å². The first-order valence-corrected chi connectivity index (χ1v) is 7.36. The first-order valence-electron chi connectivity index (χ1n) is 7.36. The number of carbonyl (C=O) groups excluding carboxylic acids is 2. The van der Waals surface area contributed by atoms with Gasteiger partial charge in [0, 0.05) is 24.8 Å². The number of carbonyl (C=O) groups is 2. The zero-order chi connectivity index (χ0) is 15.0. The third kappa shape index (κ3) is 3.30. The van der Waals surface area contributed by atoms with E-state index in [9.17, 15) is 14.0 Å². The number of alkyl halides is 1. The molecule has 2 rings (SSSR count). The number of ether oxygens (including phenoxy) is 1. The second kappa shape index (κ2) is 5.34. The van der Waals surface area contributed by atoms with Crippen LogP contribution in [-0.4, -0.2) is 41.6 Å². The van der Waals surface area contributed by atoms with Crippen LogP contribution in [0.4, 0.5) is 9.18 Å². The van der Waals surface area contributed by atoms with E-state index in [-0.39, 0.29) is 12.3 Å². The molecule has 1 saturated carbocycles. The number of piperidine rings is 1. The molecule has 1 aliphatic carbocycles. The lowest BCUT2D eigenvalue weighted by molar-refractivity contribution is -0.125. The van der Waals surface area contributed by atoms with Crippen LogP contribution in [0, 0.1) is 5.41 Å². The second-order valence-corrected chi connectivity index (χ2v) is 7.04. The summed E-state index contributed by atoms with van der Waals surface area (Å²) in [5.74, 6) is 0.234. The molecule has 1 heterocycles. The average molecular weight is 285 g/mol. The number of ketones is 1. The molecular formula is C15H24FNO3. The van der Waals surface area contributed by atoms with Crippen molar-refractivity contribution in [2.24, 2.45) is 5.41 Å². The molecule has 114 valence electrons. The molecule has 1 aliphatic heterocycles. The van der Waals surface area contributed by atoms with Crippen molar-refractivity contribution < 1.29 is 18.7 Å². The lowest BCUT2D eigenvalue weighted by Gasteiger charge is -2.46. The third-order valence-electron chi connectivity index (χ3n) is 4.38. The van der Waals surface area contributed by atoms with Gasteiger partial charge in [-0.25, -0.2) is 9.18 Å².